The molecule has 1 aliphatic heterocycles. The molecule has 0 spiro atoms. The maximum Gasteiger partial charge on any atom is 0.0373 e. The summed E-state index contributed by atoms with van der Waals surface area (Å²) in [6.07, 6.45) is 6.20. The lowest BCUT2D eigenvalue weighted by Crippen LogP contribution is -2.11. The number of rotatable bonds is 1. The molecule has 1 aliphatic rings. The fraction of sp³-hybridized carbons (Fsp3) is 0.267. The van der Waals surface area contributed by atoms with Crippen LogP contribution in [0.2, 0.25) is 0 Å². The first kappa shape index (κ1) is 10.3. The lowest BCUT2D eigenvalue weighted by atomic mass is 9.96. The van der Waals surface area contributed by atoms with Crippen molar-refractivity contribution in [3.8, 4) is 11.1 Å². The number of nitrogens with zero attached hydrogens (tertiary/aromatic N) is 1. The molecule has 0 atom stereocenters. The normalized spacial score (nSPS) is 13.9. The SMILES string of the molecule is Cc1ccncc1-c1ccc2c(c1)CCCN2. The van der Waals surface area contributed by atoms with E-state index in [2.05, 4.69) is 41.5 Å². The molecule has 0 unspecified atom stereocenters. The van der Waals surface area contributed by atoms with Crippen LogP contribution < -0.4 is 5.32 Å². The molecule has 2 nitrogen and oxygen atoms in total. The van der Waals surface area contributed by atoms with Crippen molar-refractivity contribution in [3.63, 3.8) is 0 Å². The molecular formula is C15H16N2. The molecule has 0 radical (unpaired) electrons. The zero-order valence-corrected chi connectivity index (χ0v) is 10.0. The van der Waals surface area contributed by atoms with E-state index in [4.69, 9.17) is 0 Å². The second-order valence-electron chi connectivity index (χ2n) is 4.59. The summed E-state index contributed by atoms with van der Waals surface area (Å²) in [5, 5.41) is 3.44. The van der Waals surface area contributed by atoms with Gasteiger partial charge in [-0.25, -0.2) is 0 Å². The third kappa shape index (κ3) is 1.91. The Hall–Kier alpha value is -1.83. The number of pyridine rings is 1. The molecule has 0 fully saturated rings. The van der Waals surface area contributed by atoms with Crippen LogP contribution in [-0.4, -0.2) is 11.5 Å². The summed E-state index contributed by atoms with van der Waals surface area (Å²) in [5.41, 5.74) is 6.51. The first-order valence-corrected chi connectivity index (χ1v) is 6.12. The minimum atomic E-state index is 1.10. The number of hydrogen-bond donors (Lipinski definition) is 1. The minimum Gasteiger partial charge on any atom is -0.385 e. The lowest BCUT2D eigenvalue weighted by molar-refractivity contribution is 0.830. The molecule has 86 valence electrons. The highest BCUT2D eigenvalue weighted by Gasteiger charge is 2.10. The van der Waals surface area contributed by atoms with Gasteiger partial charge in [0.15, 0.2) is 0 Å². The third-order valence-corrected chi connectivity index (χ3v) is 3.39. The smallest absolute Gasteiger partial charge is 0.0373 e. The van der Waals surface area contributed by atoms with Crippen LogP contribution in [0.4, 0.5) is 5.69 Å². The van der Waals surface area contributed by atoms with Crippen LogP contribution >= 0.6 is 0 Å². The highest BCUT2D eigenvalue weighted by molar-refractivity contribution is 5.70. The molecule has 17 heavy (non-hydrogen) atoms. The van der Waals surface area contributed by atoms with Crippen LogP contribution in [0.3, 0.4) is 0 Å². The summed E-state index contributed by atoms with van der Waals surface area (Å²) in [6, 6.07) is 8.73. The van der Waals surface area contributed by atoms with E-state index in [-0.39, 0.29) is 0 Å². The monoisotopic (exact) mass is 224 g/mol. The Labute approximate surface area is 102 Å². The number of hydrogen-bond acceptors (Lipinski definition) is 2. The van der Waals surface area contributed by atoms with Crippen molar-refractivity contribution < 1.29 is 0 Å². The second-order valence-corrected chi connectivity index (χ2v) is 4.59. The number of nitrogens with one attached hydrogen (secondary N) is 1. The molecular weight excluding hydrogens is 208 g/mol. The van der Waals surface area contributed by atoms with Gasteiger partial charge in [-0.05, 0) is 54.7 Å². The molecule has 0 aliphatic carbocycles. The van der Waals surface area contributed by atoms with E-state index >= 15 is 0 Å². The van der Waals surface area contributed by atoms with Gasteiger partial charge >= 0.3 is 0 Å². The van der Waals surface area contributed by atoms with Crippen molar-refractivity contribution in [1.29, 1.82) is 0 Å². The van der Waals surface area contributed by atoms with Crippen LogP contribution in [0.15, 0.2) is 36.7 Å². The summed E-state index contributed by atoms with van der Waals surface area (Å²) < 4.78 is 0. The van der Waals surface area contributed by atoms with E-state index in [1.54, 1.807) is 0 Å². The predicted molar refractivity (Wildman–Crippen MR) is 71.2 cm³/mol. The molecule has 0 saturated carbocycles. The van der Waals surface area contributed by atoms with Crippen LogP contribution in [0.1, 0.15) is 17.5 Å². The molecule has 0 bridgehead atoms. The fourth-order valence-corrected chi connectivity index (χ4v) is 2.41. The van der Waals surface area contributed by atoms with Crippen molar-refractivity contribution in [2.24, 2.45) is 0 Å². The number of fused-ring (bicyclic) bond motifs is 1. The molecule has 0 amide bonds. The number of benzene rings is 1. The lowest BCUT2D eigenvalue weighted by Gasteiger charge is -2.19. The first-order valence-electron chi connectivity index (χ1n) is 6.12. The Balaban J connectivity index is 2.07. The predicted octanol–water partition coefficient (Wildman–Crippen LogP) is 3.42. The summed E-state index contributed by atoms with van der Waals surface area (Å²) in [4.78, 5) is 4.22. The quantitative estimate of drug-likeness (QED) is 0.803. The van der Waals surface area contributed by atoms with Gasteiger partial charge in [-0.1, -0.05) is 6.07 Å². The number of anilines is 1. The van der Waals surface area contributed by atoms with Crippen LogP contribution in [0.5, 0.6) is 0 Å². The summed E-state index contributed by atoms with van der Waals surface area (Å²) in [5.74, 6) is 0. The number of aryl methyl sites for hydroxylation is 2. The Bertz CT molecular complexity index is 546. The van der Waals surface area contributed by atoms with Gasteiger partial charge in [-0.3, -0.25) is 4.98 Å². The van der Waals surface area contributed by atoms with Crippen LogP contribution in [-0.2, 0) is 6.42 Å². The van der Waals surface area contributed by atoms with E-state index in [9.17, 15) is 0 Å². The largest absolute Gasteiger partial charge is 0.385 e. The maximum atomic E-state index is 4.22. The maximum absolute atomic E-state index is 4.22. The molecule has 2 aromatic rings. The van der Waals surface area contributed by atoms with Crippen LogP contribution in [0, 0.1) is 6.92 Å². The van der Waals surface area contributed by atoms with E-state index in [0.717, 1.165) is 6.54 Å². The van der Waals surface area contributed by atoms with Crippen molar-refractivity contribution in [2.45, 2.75) is 19.8 Å². The Morgan fingerprint density at radius 3 is 3.06 bits per heavy atom. The fourth-order valence-electron chi connectivity index (χ4n) is 2.41. The highest BCUT2D eigenvalue weighted by Crippen LogP contribution is 2.29. The molecule has 2 heteroatoms. The van der Waals surface area contributed by atoms with Gasteiger partial charge in [-0.15, -0.1) is 0 Å². The van der Waals surface area contributed by atoms with E-state index < -0.39 is 0 Å². The van der Waals surface area contributed by atoms with Gasteiger partial charge in [0.05, 0.1) is 0 Å². The Morgan fingerprint density at radius 2 is 2.18 bits per heavy atom. The van der Waals surface area contributed by atoms with Gasteiger partial charge in [-0.2, -0.15) is 0 Å². The van der Waals surface area contributed by atoms with Gasteiger partial charge in [0.25, 0.3) is 0 Å². The van der Waals surface area contributed by atoms with Crippen molar-refractivity contribution >= 4 is 5.69 Å². The second kappa shape index (κ2) is 4.21. The topological polar surface area (TPSA) is 24.9 Å². The van der Waals surface area contributed by atoms with E-state index in [1.807, 2.05) is 12.4 Å². The summed E-state index contributed by atoms with van der Waals surface area (Å²) in [6.45, 7) is 3.23. The van der Waals surface area contributed by atoms with Crippen molar-refractivity contribution in [1.82, 2.24) is 4.98 Å². The number of aromatic nitrogens is 1. The van der Waals surface area contributed by atoms with Crippen molar-refractivity contribution in [3.05, 3.63) is 47.8 Å². The van der Waals surface area contributed by atoms with E-state index in [1.165, 1.54) is 40.8 Å². The van der Waals surface area contributed by atoms with Gasteiger partial charge in [0.2, 0.25) is 0 Å². The Morgan fingerprint density at radius 1 is 1.24 bits per heavy atom. The zero-order chi connectivity index (χ0) is 11.7. The average Bonchev–Trinajstić information content (AvgIpc) is 2.39. The average molecular weight is 224 g/mol. The standard InChI is InChI=1S/C15H16N2/c1-11-6-8-16-10-14(11)12-4-5-15-13(9-12)3-2-7-17-15/h4-6,8-10,17H,2-3,7H2,1H3. The molecule has 0 saturated heterocycles. The van der Waals surface area contributed by atoms with Crippen molar-refractivity contribution in [2.75, 3.05) is 11.9 Å². The molecule has 1 N–H and O–H groups in total. The van der Waals surface area contributed by atoms with Gasteiger partial charge in [0, 0.05) is 30.2 Å². The molecule has 1 aromatic heterocycles. The summed E-state index contributed by atoms with van der Waals surface area (Å²) >= 11 is 0. The van der Waals surface area contributed by atoms with Crippen LogP contribution in [0.25, 0.3) is 11.1 Å². The zero-order valence-electron chi connectivity index (χ0n) is 10.0. The molecule has 2 heterocycles. The molecule has 3 rings (SSSR count). The first-order chi connectivity index (χ1) is 8.34. The third-order valence-electron chi connectivity index (χ3n) is 3.39. The minimum absolute atomic E-state index is 1.10. The molecule has 1 aromatic carbocycles. The van der Waals surface area contributed by atoms with E-state index in [0.29, 0.717) is 0 Å². The highest BCUT2D eigenvalue weighted by atomic mass is 14.9. The summed E-state index contributed by atoms with van der Waals surface area (Å²) in [7, 11) is 0. The van der Waals surface area contributed by atoms with Gasteiger partial charge in [0.1, 0.15) is 0 Å². The van der Waals surface area contributed by atoms with Gasteiger partial charge < -0.3 is 5.32 Å². The Kier molecular flexibility index (Phi) is 2.56.